The number of nitrogens with zero attached hydrogens (tertiary/aromatic N) is 2. The summed E-state index contributed by atoms with van der Waals surface area (Å²) in [5.74, 6) is 2.55. The highest BCUT2D eigenvalue weighted by Gasteiger charge is 2.33. The maximum Gasteiger partial charge on any atom is 0.0124 e. The maximum atomic E-state index is 2.84. The minimum Gasteiger partial charge on any atom is -0.298 e. The summed E-state index contributed by atoms with van der Waals surface area (Å²) in [6.45, 7) is 19.7. The van der Waals surface area contributed by atoms with Crippen LogP contribution in [0.4, 0.5) is 0 Å². The lowest BCUT2D eigenvalue weighted by Gasteiger charge is -2.40. The van der Waals surface area contributed by atoms with E-state index in [1.165, 1.54) is 64.5 Å². The number of hydrogen-bond donors (Lipinski definition) is 0. The van der Waals surface area contributed by atoms with E-state index in [2.05, 4.69) is 58.3 Å². The molecule has 0 aromatic carbocycles. The molecule has 0 N–H and O–H groups in total. The number of hydrogen-bond acceptors (Lipinski definition) is 2. The van der Waals surface area contributed by atoms with Crippen LogP contribution in [-0.2, 0) is 0 Å². The van der Waals surface area contributed by atoms with E-state index in [9.17, 15) is 0 Å². The molecule has 26 heavy (non-hydrogen) atoms. The number of likely N-dealkylation sites (tertiary alicyclic amines) is 2. The highest BCUT2D eigenvalue weighted by molar-refractivity contribution is 4.87. The summed E-state index contributed by atoms with van der Waals surface area (Å²) < 4.78 is 0. The molecule has 0 spiro atoms. The molecule has 4 atom stereocenters. The predicted molar refractivity (Wildman–Crippen MR) is 116 cm³/mol. The van der Waals surface area contributed by atoms with Gasteiger partial charge in [-0.2, -0.15) is 0 Å². The summed E-state index contributed by atoms with van der Waals surface area (Å²) in [5.41, 5.74) is 0. The Balaban J connectivity index is 2.03. The van der Waals surface area contributed by atoms with Gasteiger partial charge in [-0.25, -0.2) is 0 Å². The molecule has 0 amide bonds. The normalized spacial score (nSPS) is 31.4. The summed E-state index contributed by atoms with van der Waals surface area (Å²) in [4.78, 5) is 5.65. The van der Waals surface area contributed by atoms with Crippen LogP contribution < -0.4 is 0 Å². The number of rotatable bonds is 6. The van der Waals surface area contributed by atoms with Gasteiger partial charge in [0.25, 0.3) is 0 Å². The Bertz CT molecular complexity index is 390. The topological polar surface area (TPSA) is 6.48 Å². The van der Waals surface area contributed by atoms with Crippen LogP contribution in [0, 0.1) is 17.8 Å². The summed E-state index contributed by atoms with van der Waals surface area (Å²) in [6, 6.07) is 3.00. The van der Waals surface area contributed by atoms with E-state index in [1.807, 2.05) is 0 Å². The van der Waals surface area contributed by atoms with Crippen molar-refractivity contribution in [2.75, 3.05) is 13.1 Å². The first kappa shape index (κ1) is 22.2. The highest BCUT2D eigenvalue weighted by atomic mass is 15.2. The summed E-state index contributed by atoms with van der Waals surface area (Å²) in [7, 11) is 0. The molecular formula is C24H48N2. The first-order valence-electron chi connectivity index (χ1n) is 11.8. The van der Waals surface area contributed by atoms with Crippen LogP contribution in [-0.4, -0.2) is 47.1 Å². The zero-order valence-corrected chi connectivity index (χ0v) is 19.0. The Kier molecular flexibility index (Phi) is 8.94. The molecular weight excluding hydrogens is 316 g/mol. The predicted octanol–water partition coefficient (Wildman–Crippen LogP) is 6.20. The molecule has 2 heteroatoms. The van der Waals surface area contributed by atoms with E-state index in [0.717, 1.165) is 29.8 Å². The Morgan fingerprint density at radius 2 is 1.31 bits per heavy atom. The Morgan fingerprint density at radius 1 is 0.692 bits per heavy atom. The van der Waals surface area contributed by atoms with Crippen LogP contribution in [0.3, 0.4) is 0 Å². The van der Waals surface area contributed by atoms with Crippen molar-refractivity contribution in [1.29, 1.82) is 0 Å². The van der Waals surface area contributed by atoms with Gasteiger partial charge in [0.15, 0.2) is 0 Å². The molecule has 154 valence electrons. The second-order valence-electron chi connectivity index (χ2n) is 10.3. The fraction of sp³-hybridized carbons (Fsp3) is 1.00. The first-order chi connectivity index (χ1) is 12.3. The molecule has 2 aliphatic heterocycles. The summed E-state index contributed by atoms with van der Waals surface area (Å²) in [5, 5.41) is 0. The lowest BCUT2D eigenvalue weighted by atomic mass is 9.81. The summed E-state index contributed by atoms with van der Waals surface area (Å²) >= 11 is 0. The van der Waals surface area contributed by atoms with Gasteiger partial charge in [0.2, 0.25) is 0 Å². The molecule has 0 aromatic heterocycles. The SMILES string of the molecule is CC(C)C1CC(CC(C)C2CCCCCN2C(C)C)CCCN1C(C)C. The van der Waals surface area contributed by atoms with Crippen molar-refractivity contribution in [2.45, 2.75) is 124 Å². The smallest absolute Gasteiger partial charge is 0.0124 e. The maximum absolute atomic E-state index is 2.84. The fourth-order valence-corrected chi connectivity index (χ4v) is 5.93. The largest absolute Gasteiger partial charge is 0.298 e. The van der Waals surface area contributed by atoms with Crippen LogP contribution >= 0.6 is 0 Å². The molecule has 2 nitrogen and oxygen atoms in total. The van der Waals surface area contributed by atoms with E-state index in [0.29, 0.717) is 12.1 Å². The minimum atomic E-state index is 0.692. The van der Waals surface area contributed by atoms with Crippen molar-refractivity contribution >= 4 is 0 Å². The van der Waals surface area contributed by atoms with Gasteiger partial charge >= 0.3 is 0 Å². The van der Waals surface area contributed by atoms with Crippen molar-refractivity contribution in [3.8, 4) is 0 Å². The Labute approximate surface area is 165 Å². The van der Waals surface area contributed by atoms with Crippen molar-refractivity contribution in [2.24, 2.45) is 17.8 Å². The molecule has 0 aromatic rings. The third-order valence-corrected chi connectivity index (χ3v) is 7.33. The molecule has 2 rings (SSSR count). The standard InChI is InChI=1S/C24H48N2/c1-18(2)24-17-22(12-11-15-26(24)20(5)6)16-21(7)23-13-9-8-10-14-25(23)19(3)4/h18-24H,8-17H2,1-7H3. The average molecular weight is 365 g/mol. The third-order valence-electron chi connectivity index (χ3n) is 7.33. The Hall–Kier alpha value is -0.0800. The summed E-state index contributed by atoms with van der Waals surface area (Å²) in [6.07, 6.45) is 11.4. The quantitative estimate of drug-likeness (QED) is 0.553. The van der Waals surface area contributed by atoms with Crippen LogP contribution in [0.25, 0.3) is 0 Å². The lowest BCUT2D eigenvalue weighted by molar-refractivity contribution is 0.0904. The average Bonchev–Trinajstić information content (AvgIpc) is 2.93. The van der Waals surface area contributed by atoms with Crippen LogP contribution in [0.1, 0.15) is 99.8 Å². The van der Waals surface area contributed by atoms with Gasteiger partial charge < -0.3 is 0 Å². The molecule has 2 saturated heterocycles. The third kappa shape index (κ3) is 5.96. The molecule has 2 fully saturated rings. The van der Waals surface area contributed by atoms with E-state index in [4.69, 9.17) is 0 Å². The van der Waals surface area contributed by atoms with Crippen LogP contribution in [0.5, 0.6) is 0 Å². The first-order valence-corrected chi connectivity index (χ1v) is 11.8. The van der Waals surface area contributed by atoms with Gasteiger partial charge in [0.05, 0.1) is 0 Å². The molecule has 0 aliphatic carbocycles. The Morgan fingerprint density at radius 3 is 1.92 bits per heavy atom. The van der Waals surface area contributed by atoms with Crippen molar-refractivity contribution in [3.63, 3.8) is 0 Å². The zero-order valence-electron chi connectivity index (χ0n) is 19.0. The van der Waals surface area contributed by atoms with Crippen LogP contribution in [0.15, 0.2) is 0 Å². The van der Waals surface area contributed by atoms with Gasteiger partial charge in [-0.1, -0.05) is 33.6 Å². The second kappa shape index (κ2) is 10.5. The fourth-order valence-electron chi connectivity index (χ4n) is 5.93. The molecule has 0 radical (unpaired) electrons. The van der Waals surface area contributed by atoms with Gasteiger partial charge in [-0.15, -0.1) is 0 Å². The van der Waals surface area contributed by atoms with Crippen LogP contribution in [0.2, 0.25) is 0 Å². The van der Waals surface area contributed by atoms with E-state index < -0.39 is 0 Å². The van der Waals surface area contributed by atoms with E-state index in [-0.39, 0.29) is 0 Å². The molecule has 0 bridgehead atoms. The van der Waals surface area contributed by atoms with Crippen molar-refractivity contribution in [1.82, 2.24) is 9.80 Å². The second-order valence-corrected chi connectivity index (χ2v) is 10.3. The van der Waals surface area contributed by atoms with Gasteiger partial charge in [0, 0.05) is 24.2 Å². The minimum absolute atomic E-state index is 0.692. The highest BCUT2D eigenvalue weighted by Crippen LogP contribution is 2.35. The zero-order chi connectivity index (χ0) is 19.3. The van der Waals surface area contributed by atoms with Crippen molar-refractivity contribution in [3.05, 3.63) is 0 Å². The monoisotopic (exact) mass is 364 g/mol. The molecule has 4 unspecified atom stereocenters. The van der Waals surface area contributed by atoms with Gasteiger partial charge in [0.1, 0.15) is 0 Å². The van der Waals surface area contributed by atoms with Gasteiger partial charge in [-0.05, 0) is 97.1 Å². The van der Waals surface area contributed by atoms with E-state index >= 15 is 0 Å². The molecule has 2 aliphatic rings. The van der Waals surface area contributed by atoms with Crippen molar-refractivity contribution < 1.29 is 0 Å². The lowest BCUT2D eigenvalue weighted by Crippen LogP contribution is -2.45. The van der Waals surface area contributed by atoms with E-state index in [1.54, 1.807) is 0 Å². The molecule has 2 heterocycles. The molecule has 0 saturated carbocycles. The van der Waals surface area contributed by atoms with Gasteiger partial charge in [-0.3, -0.25) is 9.80 Å².